The van der Waals surface area contributed by atoms with Crippen LogP contribution < -0.4 is 5.73 Å². The van der Waals surface area contributed by atoms with Crippen molar-refractivity contribution >= 4 is 0 Å². The van der Waals surface area contributed by atoms with Crippen LogP contribution in [0.4, 0.5) is 0 Å². The summed E-state index contributed by atoms with van der Waals surface area (Å²) in [5, 5.41) is 0. The van der Waals surface area contributed by atoms with E-state index in [0.717, 1.165) is 5.92 Å². The van der Waals surface area contributed by atoms with Crippen LogP contribution in [0.25, 0.3) is 0 Å². The van der Waals surface area contributed by atoms with Crippen molar-refractivity contribution in [2.75, 3.05) is 0 Å². The van der Waals surface area contributed by atoms with Crippen LogP contribution in [0.2, 0.25) is 0 Å². The van der Waals surface area contributed by atoms with Crippen molar-refractivity contribution in [1.82, 2.24) is 0 Å². The minimum absolute atomic E-state index is 0.452. The molecule has 0 spiro atoms. The average molecular weight is 380 g/mol. The fourth-order valence-electron chi connectivity index (χ4n) is 5.90. The molecule has 0 aliphatic heterocycles. The van der Waals surface area contributed by atoms with Crippen molar-refractivity contribution in [2.45, 2.75) is 155 Å². The lowest BCUT2D eigenvalue weighted by Crippen LogP contribution is -2.48. The average Bonchev–Trinajstić information content (AvgIpc) is 2.68. The Kier molecular flexibility index (Phi) is 14.7. The molecule has 1 saturated carbocycles. The fourth-order valence-corrected chi connectivity index (χ4v) is 5.90. The number of hydrogen-bond donors (Lipinski definition) is 1. The van der Waals surface area contributed by atoms with Gasteiger partial charge in [0.25, 0.3) is 0 Å². The number of unbranched alkanes of at least 4 members (excludes halogenated alkanes) is 10. The first kappa shape index (κ1) is 25.0. The highest BCUT2D eigenvalue weighted by Crippen LogP contribution is 2.49. The molecule has 1 rings (SSSR count). The Morgan fingerprint density at radius 1 is 0.741 bits per heavy atom. The third-order valence-electron chi connectivity index (χ3n) is 7.47. The summed E-state index contributed by atoms with van der Waals surface area (Å²) in [5.74, 6) is 0.902. The normalized spacial score (nSPS) is 24.2. The molecular weight excluding hydrogens is 326 g/mol. The van der Waals surface area contributed by atoms with Crippen molar-refractivity contribution in [3.05, 3.63) is 0 Å². The van der Waals surface area contributed by atoms with Gasteiger partial charge in [-0.2, -0.15) is 0 Å². The second-order valence-corrected chi connectivity index (χ2v) is 9.65. The molecule has 0 bridgehead atoms. The molecule has 0 radical (unpaired) electrons. The predicted octanol–water partition coefficient (Wildman–Crippen LogP) is 8.79. The maximum atomic E-state index is 6.91. The molecule has 2 N–H and O–H groups in total. The van der Waals surface area contributed by atoms with Gasteiger partial charge in [-0.25, -0.2) is 0 Å². The minimum atomic E-state index is 0.452. The summed E-state index contributed by atoms with van der Waals surface area (Å²) in [7, 11) is 0. The van der Waals surface area contributed by atoms with Gasteiger partial charge in [-0.1, -0.05) is 124 Å². The largest absolute Gasteiger partial charge is 0.327 e. The minimum Gasteiger partial charge on any atom is -0.327 e. The maximum absolute atomic E-state index is 6.91. The van der Waals surface area contributed by atoms with Gasteiger partial charge < -0.3 is 5.73 Å². The fraction of sp³-hybridized carbons (Fsp3) is 1.00. The van der Waals surface area contributed by atoms with Crippen molar-refractivity contribution in [3.8, 4) is 0 Å². The van der Waals surface area contributed by atoms with E-state index < -0.39 is 0 Å². The van der Waals surface area contributed by atoms with Gasteiger partial charge in [-0.15, -0.1) is 0 Å². The molecule has 0 amide bonds. The van der Waals surface area contributed by atoms with E-state index in [1.165, 1.54) is 128 Å². The van der Waals surface area contributed by atoms with E-state index >= 15 is 0 Å². The van der Waals surface area contributed by atoms with Gasteiger partial charge in [-0.05, 0) is 37.0 Å². The van der Waals surface area contributed by atoms with Gasteiger partial charge in [0.1, 0.15) is 0 Å². The summed E-state index contributed by atoms with van der Waals surface area (Å²) in [4.78, 5) is 0. The van der Waals surface area contributed by atoms with E-state index in [-0.39, 0.29) is 0 Å². The Hall–Kier alpha value is -0.0400. The van der Waals surface area contributed by atoms with Crippen LogP contribution in [0.1, 0.15) is 149 Å². The lowest BCUT2D eigenvalue weighted by atomic mass is 9.58. The summed E-state index contributed by atoms with van der Waals surface area (Å²) < 4.78 is 0. The SMILES string of the molecule is CCCCCCCCCCCCCC(N)C1(CCC)CCCCC1CCC. The van der Waals surface area contributed by atoms with Crippen molar-refractivity contribution in [1.29, 1.82) is 0 Å². The molecule has 0 heterocycles. The standard InChI is InChI=1S/C26H53N/c1-4-7-8-9-10-11-12-13-14-15-16-21-25(27)26(22-6-3)23-18-17-20-24(26)19-5-2/h24-25H,4-23,27H2,1-3H3. The number of nitrogens with two attached hydrogens (primary N) is 1. The summed E-state index contributed by atoms with van der Waals surface area (Å²) in [6.45, 7) is 7.03. The Balaban J connectivity index is 2.21. The molecule has 162 valence electrons. The van der Waals surface area contributed by atoms with Crippen LogP contribution in [0.15, 0.2) is 0 Å². The molecular formula is C26H53N. The smallest absolute Gasteiger partial charge is 0.00982 e. The van der Waals surface area contributed by atoms with Gasteiger partial charge >= 0.3 is 0 Å². The monoisotopic (exact) mass is 379 g/mol. The number of rotatable bonds is 17. The van der Waals surface area contributed by atoms with Gasteiger partial charge in [-0.3, -0.25) is 0 Å². The zero-order chi connectivity index (χ0) is 19.8. The van der Waals surface area contributed by atoms with Crippen LogP contribution in [0, 0.1) is 11.3 Å². The van der Waals surface area contributed by atoms with Crippen molar-refractivity contribution in [3.63, 3.8) is 0 Å². The molecule has 0 aromatic rings. The Morgan fingerprint density at radius 3 is 1.89 bits per heavy atom. The Labute approximate surface area is 172 Å². The molecule has 1 heteroatoms. The molecule has 1 fully saturated rings. The second-order valence-electron chi connectivity index (χ2n) is 9.65. The Bertz CT molecular complexity index is 320. The molecule has 1 aliphatic carbocycles. The Morgan fingerprint density at radius 2 is 1.33 bits per heavy atom. The lowest BCUT2D eigenvalue weighted by Gasteiger charge is -2.49. The molecule has 0 saturated heterocycles. The molecule has 0 aromatic carbocycles. The van der Waals surface area contributed by atoms with Crippen molar-refractivity contribution < 1.29 is 0 Å². The number of hydrogen-bond acceptors (Lipinski definition) is 1. The van der Waals surface area contributed by atoms with Gasteiger partial charge in [0.15, 0.2) is 0 Å². The predicted molar refractivity (Wildman–Crippen MR) is 123 cm³/mol. The van der Waals surface area contributed by atoms with Crippen LogP contribution in [-0.2, 0) is 0 Å². The molecule has 27 heavy (non-hydrogen) atoms. The van der Waals surface area contributed by atoms with Crippen LogP contribution in [-0.4, -0.2) is 6.04 Å². The molecule has 1 nitrogen and oxygen atoms in total. The van der Waals surface area contributed by atoms with Gasteiger partial charge in [0.05, 0.1) is 0 Å². The van der Waals surface area contributed by atoms with E-state index in [9.17, 15) is 0 Å². The lowest BCUT2D eigenvalue weighted by molar-refractivity contribution is 0.0399. The van der Waals surface area contributed by atoms with Gasteiger partial charge in [0, 0.05) is 6.04 Å². The highest BCUT2D eigenvalue weighted by atomic mass is 14.7. The van der Waals surface area contributed by atoms with E-state index in [1.54, 1.807) is 0 Å². The first-order valence-corrected chi connectivity index (χ1v) is 13.0. The molecule has 3 unspecified atom stereocenters. The molecule has 3 atom stereocenters. The molecule has 1 aliphatic rings. The first-order valence-electron chi connectivity index (χ1n) is 13.0. The van der Waals surface area contributed by atoms with E-state index in [1.807, 2.05) is 0 Å². The summed E-state index contributed by atoms with van der Waals surface area (Å²) in [6.07, 6.45) is 28.1. The highest BCUT2D eigenvalue weighted by molar-refractivity contribution is 4.96. The topological polar surface area (TPSA) is 26.0 Å². The van der Waals surface area contributed by atoms with Crippen LogP contribution in [0.5, 0.6) is 0 Å². The second kappa shape index (κ2) is 15.8. The summed E-state index contributed by atoms with van der Waals surface area (Å²) in [5.41, 5.74) is 7.38. The highest BCUT2D eigenvalue weighted by Gasteiger charge is 2.43. The van der Waals surface area contributed by atoms with Crippen LogP contribution >= 0.6 is 0 Å². The first-order chi connectivity index (χ1) is 13.2. The van der Waals surface area contributed by atoms with E-state index in [2.05, 4.69) is 20.8 Å². The zero-order valence-electron chi connectivity index (χ0n) is 19.4. The summed E-state index contributed by atoms with van der Waals surface area (Å²) in [6, 6.07) is 0.452. The summed E-state index contributed by atoms with van der Waals surface area (Å²) >= 11 is 0. The zero-order valence-corrected chi connectivity index (χ0v) is 19.4. The van der Waals surface area contributed by atoms with Crippen molar-refractivity contribution in [2.24, 2.45) is 17.1 Å². The van der Waals surface area contributed by atoms with Crippen LogP contribution in [0.3, 0.4) is 0 Å². The van der Waals surface area contributed by atoms with E-state index in [4.69, 9.17) is 5.73 Å². The maximum Gasteiger partial charge on any atom is 0.00982 e. The third kappa shape index (κ3) is 9.33. The molecule has 0 aromatic heterocycles. The third-order valence-corrected chi connectivity index (χ3v) is 7.47. The van der Waals surface area contributed by atoms with E-state index in [0.29, 0.717) is 11.5 Å². The quantitative estimate of drug-likeness (QED) is 0.251. The van der Waals surface area contributed by atoms with Gasteiger partial charge in [0.2, 0.25) is 0 Å².